The van der Waals surface area contributed by atoms with Crippen molar-refractivity contribution in [2.45, 2.75) is 39.4 Å². The van der Waals surface area contributed by atoms with Gasteiger partial charge in [0.25, 0.3) is 11.5 Å². The van der Waals surface area contributed by atoms with Crippen molar-refractivity contribution in [3.05, 3.63) is 81.7 Å². The van der Waals surface area contributed by atoms with Gasteiger partial charge >= 0.3 is 0 Å². The highest BCUT2D eigenvalue weighted by Crippen LogP contribution is 2.21. The molecule has 170 valence electrons. The van der Waals surface area contributed by atoms with Gasteiger partial charge in [0.05, 0.1) is 5.69 Å². The van der Waals surface area contributed by atoms with Crippen molar-refractivity contribution in [1.29, 1.82) is 0 Å². The first-order valence-electron chi connectivity index (χ1n) is 10.5. The summed E-state index contributed by atoms with van der Waals surface area (Å²) < 4.78 is 12.8. The van der Waals surface area contributed by atoms with Crippen molar-refractivity contribution in [3.63, 3.8) is 0 Å². The van der Waals surface area contributed by atoms with Crippen LogP contribution in [0, 0.1) is 0 Å². The number of hydrogen-bond donors (Lipinski definition) is 1. The summed E-state index contributed by atoms with van der Waals surface area (Å²) in [7, 11) is 0. The third-order valence-electron chi connectivity index (χ3n) is 4.72. The van der Waals surface area contributed by atoms with Gasteiger partial charge in [-0.25, -0.2) is 4.98 Å². The zero-order valence-corrected chi connectivity index (χ0v) is 19.3. The minimum absolute atomic E-state index is 0.117. The van der Waals surface area contributed by atoms with Crippen molar-refractivity contribution in [2.24, 2.45) is 0 Å². The molecule has 0 bridgehead atoms. The Kier molecular flexibility index (Phi) is 6.69. The van der Waals surface area contributed by atoms with Crippen LogP contribution in [0.2, 0.25) is 0 Å². The van der Waals surface area contributed by atoms with Crippen LogP contribution >= 0.6 is 11.3 Å². The Morgan fingerprint density at radius 3 is 2.58 bits per heavy atom. The summed E-state index contributed by atoms with van der Waals surface area (Å²) in [6.07, 6.45) is -0.670. The van der Waals surface area contributed by atoms with Gasteiger partial charge in [0.15, 0.2) is 6.10 Å². The fourth-order valence-electron chi connectivity index (χ4n) is 3.00. The Bertz CT molecular complexity index is 1320. The smallest absolute Gasteiger partial charge is 0.275 e. The molecule has 8 nitrogen and oxygen atoms in total. The average Bonchev–Trinajstić information content (AvgIpc) is 3.24. The van der Waals surface area contributed by atoms with Crippen LogP contribution in [0.5, 0.6) is 11.5 Å². The van der Waals surface area contributed by atoms with E-state index < -0.39 is 6.10 Å². The van der Waals surface area contributed by atoms with Gasteiger partial charge in [0.1, 0.15) is 23.1 Å². The van der Waals surface area contributed by atoms with Crippen LogP contribution in [0.4, 0.5) is 5.69 Å². The molecule has 4 rings (SSSR count). The molecule has 0 saturated heterocycles. The molecule has 0 aliphatic heterocycles. The third-order valence-corrected chi connectivity index (χ3v) is 5.93. The van der Waals surface area contributed by atoms with Crippen molar-refractivity contribution in [2.75, 3.05) is 5.32 Å². The molecule has 1 atom stereocenters. The summed E-state index contributed by atoms with van der Waals surface area (Å²) in [5, 5.41) is 8.00. The van der Waals surface area contributed by atoms with E-state index in [4.69, 9.17) is 9.47 Å². The molecule has 0 spiro atoms. The Morgan fingerprint density at radius 1 is 1.06 bits per heavy atom. The number of fused-ring (bicyclic) bond motifs is 1. The number of carbonyl (C=O) groups excluding carboxylic acids is 1. The maximum Gasteiger partial charge on any atom is 0.275 e. The van der Waals surface area contributed by atoms with Crippen LogP contribution < -0.4 is 20.3 Å². The number of aromatic nitrogens is 3. The van der Waals surface area contributed by atoms with E-state index in [1.807, 2.05) is 32.0 Å². The number of amides is 1. The molecule has 0 aliphatic carbocycles. The minimum atomic E-state index is -0.670. The Morgan fingerprint density at radius 2 is 1.82 bits per heavy atom. The van der Waals surface area contributed by atoms with Gasteiger partial charge in [-0.1, -0.05) is 49.4 Å². The van der Waals surface area contributed by atoms with Crippen molar-refractivity contribution < 1.29 is 14.3 Å². The quantitative estimate of drug-likeness (QED) is 0.419. The minimum Gasteiger partial charge on any atom is -0.487 e. The maximum atomic E-state index is 12.5. The number of rotatable bonds is 8. The number of carbonyl (C=O) groups is 1. The van der Waals surface area contributed by atoms with Crippen molar-refractivity contribution >= 4 is 27.9 Å². The predicted molar refractivity (Wildman–Crippen MR) is 127 cm³/mol. The van der Waals surface area contributed by atoms with Gasteiger partial charge in [-0.3, -0.25) is 9.59 Å². The van der Waals surface area contributed by atoms with Gasteiger partial charge in [-0.05, 0) is 31.2 Å². The van der Waals surface area contributed by atoms with E-state index in [-0.39, 0.29) is 24.0 Å². The lowest BCUT2D eigenvalue weighted by molar-refractivity contribution is -0.122. The SMILES string of the molecule is CC(Oc1ccccc1)C(=O)Nc1cccc(OCc2cc(=O)n3nc(C(C)C)sc3n2)c1. The molecule has 0 saturated carbocycles. The number of benzene rings is 2. The van der Waals surface area contributed by atoms with E-state index in [2.05, 4.69) is 15.4 Å². The van der Waals surface area contributed by atoms with E-state index in [1.54, 1.807) is 43.3 Å². The Balaban J connectivity index is 1.40. The van der Waals surface area contributed by atoms with E-state index in [0.717, 1.165) is 5.01 Å². The van der Waals surface area contributed by atoms with Crippen LogP contribution in [0.15, 0.2) is 65.5 Å². The monoisotopic (exact) mass is 464 g/mol. The lowest BCUT2D eigenvalue weighted by Gasteiger charge is -2.15. The van der Waals surface area contributed by atoms with E-state index in [9.17, 15) is 9.59 Å². The van der Waals surface area contributed by atoms with E-state index in [0.29, 0.717) is 27.8 Å². The normalized spacial score (nSPS) is 12.0. The van der Waals surface area contributed by atoms with Crippen LogP contribution in [-0.4, -0.2) is 26.6 Å². The molecule has 0 aliphatic rings. The third kappa shape index (κ3) is 5.56. The maximum absolute atomic E-state index is 12.5. The summed E-state index contributed by atoms with van der Waals surface area (Å²) in [5.41, 5.74) is 0.849. The largest absolute Gasteiger partial charge is 0.487 e. The highest BCUT2D eigenvalue weighted by Gasteiger charge is 2.15. The molecule has 2 heterocycles. The number of nitrogens with zero attached hydrogens (tertiary/aromatic N) is 3. The zero-order valence-electron chi connectivity index (χ0n) is 18.5. The zero-order chi connectivity index (χ0) is 23.4. The average molecular weight is 465 g/mol. The number of nitrogens with one attached hydrogen (secondary N) is 1. The molecule has 0 radical (unpaired) electrons. The number of para-hydroxylation sites is 1. The van der Waals surface area contributed by atoms with Crippen molar-refractivity contribution in [1.82, 2.24) is 14.6 Å². The van der Waals surface area contributed by atoms with E-state index in [1.165, 1.54) is 21.9 Å². The molecule has 4 aromatic rings. The number of hydrogen-bond acceptors (Lipinski definition) is 7. The first kappa shape index (κ1) is 22.5. The molecule has 2 aromatic heterocycles. The summed E-state index contributed by atoms with van der Waals surface area (Å²) >= 11 is 1.39. The molecule has 33 heavy (non-hydrogen) atoms. The summed E-state index contributed by atoms with van der Waals surface area (Å²) in [6.45, 7) is 5.85. The van der Waals surface area contributed by atoms with Gasteiger partial charge in [0, 0.05) is 23.7 Å². The highest BCUT2D eigenvalue weighted by atomic mass is 32.1. The van der Waals surface area contributed by atoms with Gasteiger partial charge in [-0.15, -0.1) is 0 Å². The topological polar surface area (TPSA) is 94.8 Å². The molecule has 9 heteroatoms. The molecule has 1 N–H and O–H groups in total. The molecule has 1 unspecified atom stereocenters. The second kappa shape index (κ2) is 9.83. The second-order valence-corrected chi connectivity index (χ2v) is 8.74. The Hall–Kier alpha value is -3.72. The van der Waals surface area contributed by atoms with Gasteiger partial charge in [-0.2, -0.15) is 9.61 Å². The lowest BCUT2D eigenvalue weighted by Crippen LogP contribution is -2.30. The molecule has 0 fully saturated rings. The van der Waals surface area contributed by atoms with Crippen LogP contribution in [0.3, 0.4) is 0 Å². The number of ether oxygens (including phenoxy) is 2. The Labute approximate surface area is 194 Å². The van der Waals surface area contributed by atoms with Crippen LogP contribution in [0.1, 0.15) is 37.4 Å². The molecular weight excluding hydrogens is 440 g/mol. The first-order valence-corrected chi connectivity index (χ1v) is 11.4. The fraction of sp³-hybridized carbons (Fsp3) is 0.250. The van der Waals surface area contributed by atoms with Crippen LogP contribution in [0.25, 0.3) is 4.96 Å². The summed E-state index contributed by atoms with van der Waals surface area (Å²) in [4.78, 5) is 29.9. The highest BCUT2D eigenvalue weighted by molar-refractivity contribution is 7.16. The first-order chi connectivity index (χ1) is 15.9. The summed E-state index contributed by atoms with van der Waals surface area (Å²) in [5.74, 6) is 1.11. The summed E-state index contributed by atoms with van der Waals surface area (Å²) in [6, 6.07) is 17.6. The fourth-order valence-corrected chi connectivity index (χ4v) is 3.93. The molecular formula is C24H24N4O4S. The van der Waals surface area contributed by atoms with Crippen molar-refractivity contribution in [3.8, 4) is 11.5 Å². The molecule has 1 amide bonds. The molecule has 2 aromatic carbocycles. The number of anilines is 1. The van der Waals surface area contributed by atoms with Gasteiger partial charge < -0.3 is 14.8 Å². The van der Waals surface area contributed by atoms with Crippen LogP contribution in [-0.2, 0) is 11.4 Å². The van der Waals surface area contributed by atoms with E-state index >= 15 is 0 Å². The lowest BCUT2D eigenvalue weighted by atomic mass is 10.2. The second-order valence-electron chi connectivity index (χ2n) is 7.75. The predicted octanol–water partition coefficient (Wildman–Crippen LogP) is 4.26. The van der Waals surface area contributed by atoms with Gasteiger partial charge in [0.2, 0.25) is 4.96 Å². The standard InChI is InChI=1S/C24H24N4O4S/c1-15(2)23-27-28-21(29)13-18(26-24(28)33-23)14-31-20-11-7-8-17(12-20)25-22(30)16(3)32-19-9-5-4-6-10-19/h4-13,15-16H,14H2,1-3H3,(H,25,30).